The van der Waals surface area contributed by atoms with Gasteiger partial charge < -0.3 is 15.9 Å². The van der Waals surface area contributed by atoms with Gasteiger partial charge in [-0.15, -0.1) is 0 Å². The molecule has 1 unspecified atom stereocenters. The number of nitrogens with two attached hydrogens (primary N) is 1. The van der Waals surface area contributed by atoms with Crippen LogP contribution in [0.4, 0.5) is 0 Å². The van der Waals surface area contributed by atoms with Crippen LogP contribution in [-0.4, -0.2) is 34.3 Å². The van der Waals surface area contributed by atoms with Crippen LogP contribution >= 0.6 is 11.8 Å². The summed E-state index contributed by atoms with van der Waals surface area (Å²) in [7, 11) is 0. The Morgan fingerprint density at radius 1 is 1.35 bits per heavy atom. The second kappa shape index (κ2) is 6.64. The molecule has 17 heavy (non-hydrogen) atoms. The van der Waals surface area contributed by atoms with Crippen LogP contribution in [0.5, 0.6) is 0 Å². The first kappa shape index (κ1) is 14.0. The zero-order valence-electron chi connectivity index (χ0n) is 9.50. The van der Waals surface area contributed by atoms with Crippen LogP contribution < -0.4 is 5.73 Å². The molecule has 0 saturated carbocycles. The van der Waals surface area contributed by atoms with Crippen molar-refractivity contribution in [2.24, 2.45) is 5.73 Å². The van der Waals surface area contributed by atoms with Gasteiger partial charge in [0, 0.05) is 12.4 Å². The van der Waals surface area contributed by atoms with E-state index in [4.69, 9.17) is 10.8 Å². The van der Waals surface area contributed by atoms with Crippen LogP contribution in [0.1, 0.15) is 12.0 Å². The second-order valence-electron chi connectivity index (χ2n) is 3.77. The van der Waals surface area contributed by atoms with Crippen LogP contribution in [0.25, 0.3) is 0 Å². The zero-order chi connectivity index (χ0) is 12.7. The molecular formula is C12H17NO3S. The number of carboxylic acids is 1. The Labute approximate surface area is 105 Å². The standard InChI is InChI=1S/C12H17NO3S/c13-12(11(15)16,9-17-8-4-7-14)10-5-2-1-3-6-10/h1-3,5-6,14H,4,7-9,13H2,(H,15,16). The first-order valence-electron chi connectivity index (χ1n) is 5.37. The fourth-order valence-electron chi connectivity index (χ4n) is 1.40. The normalized spacial score (nSPS) is 14.2. The summed E-state index contributed by atoms with van der Waals surface area (Å²) in [6.07, 6.45) is 0.648. The lowest BCUT2D eigenvalue weighted by molar-refractivity contribution is -0.142. The third-order valence-electron chi connectivity index (χ3n) is 2.45. The number of carboxylic acid groups (broad SMARTS) is 1. The van der Waals surface area contributed by atoms with Gasteiger partial charge >= 0.3 is 5.97 Å². The Kier molecular flexibility index (Phi) is 5.47. The number of thioether (sulfide) groups is 1. The largest absolute Gasteiger partial charge is 0.480 e. The lowest BCUT2D eigenvalue weighted by atomic mass is 9.93. The molecule has 4 N–H and O–H groups in total. The van der Waals surface area contributed by atoms with Gasteiger partial charge in [-0.25, -0.2) is 4.79 Å². The molecule has 0 spiro atoms. The molecule has 5 heteroatoms. The van der Waals surface area contributed by atoms with Crippen LogP contribution in [0, 0.1) is 0 Å². The number of aliphatic carboxylic acids is 1. The minimum absolute atomic E-state index is 0.114. The van der Waals surface area contributed by atoms with Crippen LogP contribution in [0.3, 0.4) is 0 Å². The van der Waals surface area contributed by atoms with E-state index in [0.717, 1.165) is 0 Å². The average Bonchev–Trinajstić information content (AvgIpc) is 2.35. The molecule has 0 bridgehead atoms. The Bertz CT molecular complexity index is 358. The first-order valence-corrected chi connectivity index (χ1v) is 6.53. The smallest absolute Gasteiger partial charge is 0.329 e. The Morgan fingerprint density at radius 3 is 2.53 bits per heavy atom. The Hall–Kier alpha value is -1.04. The van der Waals surface area contributed by atoms with E-state index in [-0.39, 0.29) is 6.61 Å². The van der Waals surface area contributed by atoms with Crippen molar-refractivity contribution >= 4 is 17.7 Å². The summed E-state index contributed by atoms with van der Waals surface area (Å²) < 4.78 is 0. The van der Waals surface area contributed by atoms with Crippen molar-refractivity contribution in [2.75, 3.05) is 18.1 Å². The molecule has 4 nitrogen and oxygen atoms in total. The van der Waals surface area contributed by atoms with E-state index in [1.165, 1.54) is 11.8 Å². The summed E-state index contributed by atoms with van der Waals surface area (Å²) in [4.78, 5) is 11.3. The molecule has 0 saturated heterocycles. The van der Waals surface area contributed by atoms with Gasteiger partial charge in [0.15, 0.2) is 0 Å². The third-order valence-corrected chi connectivity index (χ3v) is 3.68. The van der Waals surface area contributed by atoms with Crippen molar-refractivity contribution < 1.29 is 15.0 Å². The molecule has 0 amide bonds. The topological polar surface area (TPSA) is 83.5 Å². The number of aliphatic hydroxyl groups is 1. The molecule has 0 fully saturated rings. The van der Waals surface area contributed by atoms with E-state index in [1.54, 1.807) is 24.3 Å². The number of hydrogen-bond donors (Lipinski definition) is 3. The molecular weight excluding hydrogens is 238 g/mol. The van der Waals surface area contributed by atoms with Gasteiger partial charge in [0.2, 0.25) is 0 Å². The maximum absolute atomic E-state index is 11.3. The number of aliphatic hydroxyl groups excluding tert-OH is 1. The summed E-state index contributed by atoms with van der Waals surface area (Å²) >= 11 is 1.44. The van der Waals surface area contributed by atoms with E-state index >= 15 is 0 Å². The summed E-state index contributed by atoms with van der Waals surface area (Å²) in [6, 6.07) is 8.82. The summed E-state index contributed by atoms with van der Waals surface area (Å²) in [5.41, 5.74) is 5.20. The second-order valence-corrected chi connectivity index (χ2v) is 4.88. The predicted molar refractivity (Wildman–Crippen MR) is 69.0 cm³/mol. The summed E-state index contributed by atoms with van der Waals surface area (Å²) in [6.45, 7) is 0.114. The summed E-state index contributed by atoms with van der Waals surface area (Å²) in [5, 5.41) is 17.9. The van der Waals surface area contributed by atoms with Crippen LogP contribution in [0.15, 0.2) is 30.3 Å². The molecule has 0 aliphatic carbocycles. The number of benzene rings is 1. The molecule has 0 heterocycles. The number of carbonyl (C=O) groups is 1. The Balaban J connectivity index is 2.73. The minimum atomic E-state index is -1.36. The lowest BCUT2D eigenvalue weighted by Crippen LogP contribution is -2.47. The quantitative estimate of drug-likeness (QED) is 0.634. The van der Waals surface area contributed by atoms with Crippen molar-refractivity contribution in [2.45, 2.75) is 12.0 Å². The van der Waals surface area contributed by atoms with Crippen molar-refractivity contribution in [3.8, 4) is 0 Å². The fourth-order valence-corrected chi connectivity index (χ4v) is 2.49. The van der Waals surface area contributed by atoms with E-state index in [2.05, 4.69) is 0 Å². The van der Waals surface area contributed by atoms with Gasteiger partial charge in [-0.05, 0) is 17.7 Å². The number of hydrogen-bond acceptors (Lipinski definition) is 4. The summed E-state index contributed by atoms with van der Waals surface area (Å²) in [5.74, 6) is -0.0257. The van der Waals surface area contributed by atoms with Crippen molar-refractivity contribution in [3.05, 3.63) is 35.9 Å². The highest BCUT2D eigenvalue weighted by atomic mass is 32.2. The lowest BCUT2D eigenvalue weighted by Gasteiger charge is -2.24. The maximum atomic E-state index is 11.3. The highest BCUT2D eigenvalue weighted by Gasteiger charge is 2.35. The van der Waals surface area contributed by atoms with E-state index in [1.807, 2.05) is 6.07 Å². The molecule has 94 valence electrons. The van der Waals surface area contributed by atoms with Gasteiger partial charge in [0.05, 0.1) is 0 Å². The molecule has 1 atom stereocenters. The maximum Gasteiger partial charge on any atom is 0.329 e. The molecule has 0 aliphatic heterocycles. The van der Waals surface area contributed by atoms with Gasteiger partial charge in [-0.3, -0.25) is 0 Å². The molecule has 0 aromatic heterocycles. The van der Waals surface area contributed by atoms with Gasteiger partial charge in [0.25, 0.3) is 0 Å². The van der Waals surface area contributed by atoms with Crippen molar-refractivity contribution in [1.82, 2.24) is 0 Å². The van der Waals surface area contributed by atoms with Gasteiger partial charge in [-0.2, -0.15) is 11.8 Å². The van der Waals surface area contributed by atoms with Gasteiger partial charge in [-0.1, -0.05) is 30.3 Å². The number of rotatable bonds is 7. The molecule has 1 rings (SSSR count). The molecule has 0 aliphatic rings. The van der Waals surface area contributed by atoms with Crippen LogP contribution in [0.2, 0.25) is 0 Å². The van der Waals surface area contributed by atoms with Crippen LogP contribution in [-0.2, 0) is 10.3 Å². The molecule has 1 aromatic rings. The highest BCUT2D eigenvalue weighted by Crippen LogP contribution is 2.23. The Morgan fingerprint density at radius 2 is 2.00 bits per heavy atom. The van der Waals surface area contributed by atoms with E-state index in [9.17, 15) is 9.90 Å². The molecule has 1 aromatic carbocycles. The minimum Gasteiger partial charge on any atom is -0.480 e. The van der Waals surface area contributed by atoms with E-state index in [0.29, 0.717) is 23.5 Å². The third kappa shape index (κ3) is 3.73. The van der Waals surface area contributed by atoms with Gasteiger partial charge in [0.1, 0.15) is 5.54 Å². The highest BCUT2D eigenvalue weighted by molar-refractivity contribution is 7.99. The predicted octanol–water partition coefficient (Wildman–Crippen LogP) is 1.04. The first-order chi connectivity index (χ1) is 8.11. The van der Waals surface area contributed by atoms with E-state index < -0.39 is 11.5 Å². The van der Waals surface area contributed by atoms with Crippen molar-refractivity contribution in [3.63, 3.8) is 0 Å². The van der Waals surface area contributed by atoms with Crippen molar-refractivity contribution in [1.29, 1.82) is 0 Å². The SMILES string of the molecule is NC(CSCCCO)(C(=O)O)c1ccccc1. The fraction of sp³-hybridized carbons (Fsp3) is 0.417. The zero-order valence-corrected chi connectivity index (χ0v) is 10.3. The monoisotopic (exact) mass is 255 g/mol. The average molecular weight is 255 g/mol. The molecule has 0 radical (unpaired) electrons.